The van der Waals surface area contributed by atoms with Crippen LogP contribution < -0.4 is 42.4 Å². The lowest BCUT2D eigenvalue weighted by Gasteiger charge is -2.27. The lowest BCUT2D eigenvalue weighted by atomic mass is 9.78. The molecule has 1 atom stereocenters. The second kappa shape index (κ2) is 11.0. The van der Waals surface area contributed by atoms with Crippen molar-refractivity contribution in [2.24, 2.45) is 5.16 Å². The number of rotatable bonds is 8. The summed E-state index contributed by atoms with van der Waals surface area (Å²) in [6.07, 6.45) is 5.40. The van der Waals surface area contributed by atoms with Gasteiger partial charge in [-0.05, 0) is 53.2 Å². The average molecular weight is 679 g/mol. The monoisotopic (exact) mass is 678 g/mol. The molecule has 1 aromatic carbocycles. The number of benzene rings is 1. The number of unbranched alkanes of at least 4 members (excludes halogenated alkanes) is 3. The van der Waals surface area contributed by atoms with Gasteiger partial charge in [0, 0.05) is 21.5 Å². The van der Waals surface area contributed by atoms with Crippen molar-refractivity contribution in [1.82, 2.24) is 4.98 Å². The highest BCUT2D eigenvalue weighted by atomic mass is 79.9. The Morgan fingerprint density at radius 3 is 2.31 bits per heavy atom. The highest BCUT2D eigenvalue weighted by Gasteiger charge is 2.53. The van der Waals surface area contributed by atoms with Gasteiger partial charge in [0.2, 0.25) is 16.3 Å². The van der Waals surface area contributed by atoms with E-state index >= 15 is 0 Å². The molecule has 0 fully saturated rings. The van der Waals surface area contributed by atoms with Gasteiger partial charge in [0.1, 0.15) is 29.3 Å². The van der Waals surface area contributed by atoms with Crippen LogP contribution in [0.3, 0.4) is 0 Å². The zero-order valence-electron chi connectivity index (χ0n) is 24.2. The fourth-order valence-corrected chi connectivity index (χ4v) is 7.33. The number of methoxy groups -OCH3 is 1. The fraction of sp³-hybridized carbons (Fsp3) is 0.312. The van der Waals surface area contributed by atoms with Crippen molar-refractivity contribution >= 4 is 44.4 Å². The Kier molecular flexibility index (Phi) is 7.39. The molecule has 232 valence electrons. The van der Waals surface area contributed by atoms with E-state index in [2.05, 4.69) is 33.0 Å². The zero-order chi connectivity index (χ0) is 32.4. The molecule has 0 saturated heterocycles. The van der Waals surface area contributed by atoms with Gasteiger partial charge in [-0.3, -0.25) is 24.0 Å². The van der Waals surface area contributed by atoms with Gasteiger partial charge in [0.05, 0.1) is 45.3 Å². The van der Waals surface area contributed by atoms with Gasteiger partial charge in [-0.2, -0.15) is 0 Å². The SMILES string of the molecule is CCCCCCON=Cc1cc2c(Br)c3c(c(O)c2c(=O)[nH]1)[C@@]1(CC3)C(O)=c2c(=O)c3c(=O)cc(OC)c(=O)c=3c(=O)c2=C1O. The number of aliphatic hydroxyl groups excluding tert-OH is 2. The highest BCUT2D eigenvalue weighted by molar-refractivity contribution is 9.10. The van der Waals surface area contributed by atoms with Crippen molar-refractivity contribution in [3.05, 3.63) is 106 Å². The molecule has 0 radical (unpaired) electrons. The molecule has 0 unspecified atom stereocenters. The Bertz CT molecular complexity index is 2440. The van der Waals surface area contributed by atoms with E-state index in [9.17, 15) is 39.3 Å². The quantitative estimate of drug-likeness (QED) is 0.120. The Labute approximate surface area is 260 Å². The maximum atomic E-state index is 13.7. The predicted molar refractivity (Wildman–Crippen MR) is 169 cm³/mol. The molecule has 45 heavy (non-hydrogen) atoms. The predicted octanol–water partition coefficient (Wildman–Crippen LogP) is 1.21. The Hall–Kier alpha value is -4.78. The number of H-pyrrole nitrogens is 1. The highest BCUT2D eigenvalue weighted by Crippen LogP contribution is 2.56. The lowest BCUT2D eigenvalue weighted by Crippen LogP contribution is -2.51. The summed E-state index contributed by atoms with van der Waals surface area (Å²) in [7, 11) is 1.12. The number of phenolic OH excluding ortho intramolecular Hbond substituents is 1. The summed E-state index contributed by atoms with van der Waals surface area (Å²) < 4.78 is 5.29. The third-order valence-electron chi connectivity index (χ3n) is 8.73. The van der Waals surface area contributed by atoms with Crippen LogP contribution in [0.4, 0.5) is 0 Å². The van der Waals surface area contributed by atoms with Crippen molar-refractivity contribution in [3.63, 3.8) is 0 Å². The lowest BCUT2D eigenvalue weighted by molar-refractivity contribution is 0.141. The van der Waals surface area contributed by atoms with E-state index in [4.69, 9.17) is 9.57 Å². The molecule has 1 aromatic heterocycles. The summed E-state index contributed by atoms with van der Waals surface area (Å²) in [4.78, 5) is 74.3. The first-order valence-corrected chi connectivity index (χ1v) is 15.1. The van der Waals surface area contributed by atoms with Crippen LogP contribution in [0.2, 0.25) is 0 Å². The minimum Gasteiger partial charge on any atom is -0.510 e. The zero-order valence-corrected chi connectivity index (χ0v) is 25.8. The fourth-order valence-electron chi connectivity index (χ4n) is 6.62. The van der Waals surface area contributed by atoms with Crippen LogP contribution in [0.15, 0.2) is 45.7 Å². The van der Waals surface area contributed by atoms with Crippen LogP contribution in [0, 0.1) is 10.4 Å². The Morgan fingerprint density at radius 2 is 1.64 bits per heavy atom. The van der Waals surface area contributed by atoms with E-state index in [1.54, 1.807) is 6.07 Å². The number of nitrogens with zero attached hydrogens (tertiary/aromatic N) is 1. The molecule has 12 nitrogen and oxygen atoms in total. The van der Waals surface area contributed by atoms with Crippen LogP contribution in [-0.4, -0.2) is 40.2 Å². The van der Waals surface area contributed by atoms with Gasteiger partial charge >= 0.3 is 0 Å². The molecule has 4 aliphatic rings. The summed E-state index contributed by atoms with van der Waals surface area (Å²) in [5, 5.41) is 36.1. The number of aromatic amines is 1. The van der Waals surface area contributed by atoms with Crippen LogP contribution in [0.25, 0.3) is 22.3 Å². The van der Waals surface area contributed by atoms with Gasteiger partial charge < -0.3 is 29.9 Å². The number of ether oxygens (including phenoxy) is 1. The molecular formula is C32H27BrN2O10. The summed E-state index contributed by atoms with van der Waals surface area (Å²) in [6, 6.07) is 2.36. The summed E-state index contributed by atoms with van der Waals surface area (Å²) in [5.41, 5.74) is -6.32. The first-order chi connectivity index (χ1) is 21.5. The molecule has 0 amide bonds. The molecule has 4 aliphatic carbocycles. The van der Waals surface area contributed by atoms with Crippen LogP contribution in [0.1, 0.15) is 55.8 Å². The third-order valence-corrected chi connectivity index (χ3v) is 9.64. The number of hydrogen-bond acceptors (Lipinski definition) is 11. The van der Waals surface area contributed by atoms with Gasteiger partial charge in [0.25, 0.3) is 5.56 Å². The number of phenols is 1. The summed E-state index contributed by atoms with van der Waals surface area (Å²) in [6.45, 7) is 2.52. The van der Waals surface area contributed by atoms with E-state index < -0.39 is 76.6 Å². The molecule has 0 aliphatic heterocycles. The summed E-state index contributed by atoms with van der Waals surface area (Å²) in [5.74, 6) is -2.57. The number of aromatic nitrogens is 1. The molecule has 0 saturated carbocycles. The number of oxime groups is 1. The normalized spacial score (nSPS) is 17.2. The van der Waals surface area contributed by atoms with E-state index in [0.29, 0.717) is 27.7 Å². The number of aliphatic hydroxyl groups is 2. The van der Waals surface area contributed by atoms with Crippen LogP contribution in [0.5, 0.6) is 11.5 Å². The second-order valence-corrected chi connectivity index (χ2v) is 11.9. The van der Waals surface area contributed by atoms with Crippen LogP contribution in [-0.2, 0) is 16.7 Å². The number of halogens is 1. The van der Waals surface area contributed by atoms with Crippen LogP contribution >= 0.6 is 15.9 Å². The van der Waals surface area contributed by atoms with Gasteiger partial charge in [-0.15, -0.1) is 0 Å². The molecule has 1 heterocycles. The van der Waals surface area contributed by atoms with E-state index in [-0.39, 0.29) is 23.8 Å². The number of hydrogen-bond donors (Lipinski definition) is 4. The first kappa shape index (κ1) is 30.3. The maximum Gasteiger partial charge on any atom is 0.260 e. The van der Waals surface area contributed by atoms with Gasteiger partial charge in [0.15, 0.2) is 11.2 Å². The Morgan fingerprint density at radius 1 is 0.956 bits per heavy atom. The molecule has 0 bridgehead atoms. The molecule has 6 rings (SSSR count). The number of pyridine rings is 1. The van der Waals surface area contributed by atoms with Crippen molar-refractivity contribution in [1.29, 1.82) is 0 Å². The largest absolute Gasteiger partial charge is 0.510 e. The van der Waals surface area contributed by atoms with Gasteiger partial charge in [-0.1, -0.05) is 24.9 Å². The average Bonchev–Trinajstić information content (AvgIpc) is 3.52. The first-order valence-electron chi connectivity index (χ1n) is 14.3. The third kappa shape index (κ3) is 4.16. The molecule has 2 aromatic rings. The number of nitrogens with one attached hydrogen (secondary N) is 1. The van der Waals surface area contributed by atoms with Crippen molar-refractivity contribution in [3.8, 4) is 11.5 Å². The number of fused-ring (bicyclic) bond motifs is 4. The maximum absolute atomic E-state index is 13.7. The second-order valence-electron chi connectivity index (χ2n) is 11.2. The van der Waals surface area contributed by atoms with Crippen molar-refractivity contribution in [2.45, 2.75) is 50.9 Å². The van der Waals surface area contributed by atoms with Gasteiger partial charge in [-0.25, -0.2) is 0 Å². The van der Waals surface area contributed by atoms with E-state index in [1.807, 2.05) is 0 Å². The topological polar surface area (TPSA) is 193 Å². The van der Waals surface area contributed by atoms with E-state index in [1.165, 1.54) is 6.21 Å². The molecule has 13 heteroatoms. The summed E-state index contributed by atoms with van der Waals surface area (Å²) >= 11 is 3.52. The van der Waals surface area contributed by atoms with Crippen molar-refractivity contribution in [2.75, 3.05) is 13.7 Å². The number of aromatic hydroxyl groups is 1. The smallest absolute Gasteiger partial charge is 0.260 e. The van der Waals surface area contributed by atoms with E-state index in [0.717, 1.165) is 38.9 Å². The molecule has 4 N–H and O–H groups in total. The minimum absolute atomic E-state index is 0.0828. The molecular weight excluding hydrogens is 652 g/mol. The minimum atomic E-state index is -2.00. The van der Waals surface area contributed by atoms with Crippen molar-refractivity contribution < 1.29 is 24.9 Å². The molecule has 1 spiro atoms. The standard InChI is InChI=1S/C32H27BrN2O10/c1-3-4-5-6-9-45-34-12-13-10-15-18(31(43)35-13)28(40)23-14(24(15)33)7-8-32(23)29(41)21-22(30(32)42)27(39)20-19(26(21)38)16(36)11-17(44-2)25(20)37/h10-12,40-42H,3-9H2,1-2H3,(H,35,43)/t32-/m0/s1. The Balaban J connectivity index is 1.58.